The topological polar surface area (TPSA) is 0 Å². The second kappa shape index (κ2) is 15.1. The predicted molar refractivity (Wildman–Crippen MR) is 62.0 cm³/mol. The van der Waals surface area contributed by atoms with E-state index < -0.39 is 0 Å². The molecule has 0 aromatic rings. The van der Waals surface area contributed by atoms with Gasteiger partial charge in [0.15, 0.2) is 0 Å². The van der Waals surface area contributed by atoms with E-state index in [0.717, 1.165) is 0 Å². The first-order valence-electron chi connectivity index (χ1n) is 6.03. The third-order valence-corrected chi connectivity index (χ3v) is 2.46. The van der Waals surface area contributed by atoms with Crippen LogP contribution in [0.1, 0.15) is 71.6 Å². The Morgan fingerprint density at radius 2 is 1.29 bits per heavy atom. The van der Waals surface area contributed by atoms with Gasteiger partial charge in [0.25, 0.3) is 0 Å². The van der Waals surface area contributed by atoms with Crippen molar-refractivity contribution < 1.29 is 6.15 Å². The zero-order valence-corrected chi connectivity index (χ0v) is 10.2. The molecule has 0 N–H and O–H groups in total. The van der Waals surface area contributed by atoms with Gasteiger partial charge in [-0.25, -0.2) is 0 Å². The quantitative estimate of drug-likeness (QED) is 0.347. The summed E-state index contributed by atoms with van der Waals surface area (Å²) < 4.78 is 0. The molecule has 0 fully saturated rings. The average Bonchev–Trinajstić information content (AvgIpc) is 2.16. The van der Waals surface area contributed by atoms with E-state index in [1.165, 1.54) is 57.8 Å². The maximum absolute atomic E-state index is 2.27. The normalized spacial score (nSPS) is 10.4. The minimum atomic E-state index is 0. The molecular weight excluding hydrogens is 160 g/mol. The van der Waals surface area contributed by atoms with Crippen LogP contribution in [0.2, 0.25) is 0 Å². The molecule has 80 valence electrons. The van der Waals surface area contributed by atoms with Gasteiger partial charge in [0.05, 0.1) is 0 Å². The van der Waals surface area contributed by atoms with Crippen LogP contribution in [0.4, 0.5) is 0 Å². The van der Waals surface area contributed by atoms with Gasteiger partial charge in [0, 0.05) is 6.15 Å². The smallest absolute Gasteiger partial charge is 0 e. The van der Waals surface area contributed by atoms with Crippen molar-refractivity contribution in [3.05, 3.63) is 12.2 Å². The predicted octanol–water partition coefficient (Wildman–Crippen LogP) is 5.09. The van der Waals surface area contributed by atoms with Gasteiger partial charge in [0.1, 0.15) is 0 Å². The fourth-order valence-electron chi connectivity index (χ4n) is 1.56. The largest absolute Gasteiger partial charge is 0.0917 e. The van der Waals surface area contributed by atoms with Gasteiger partial charge < -0.3 is 0 Å². The molecule has 0 aliphatic carbocycles. The maximum atomic E-state index is 2.27. The summed E-state index contributed by atoms with van der Waals surface area (Å²) in [7, 11) is 0. The standard InChI is InChI=1S/C13H26.He/c1-3-5-7-9-11-13-12-10-8-6-4-2;/h3,5H,4,6-13H2,1-2H3;. The molecule has 0 radical (unpaired) electrons. The van der Waals surface area contributed by atoms with E-state index in [4.69, 9.17) is 0 Å². The van der Waals surface area contributed by atoms with Crippen LogP contribution in [0.25, 0.3) is 0 Å². The molecule has 0 spiro atoms. The van der Waals surface area contributed by atoms with Crippen LogP contribution in [0.3, 0.4) is 0 Å². The molecule has 0 heterocycles. The van der Waals surface area contributed by atoms with E-state index in [1.807, 2.05) is 0 Å². The van der Waals surface area contributed by atoms with E-state index >= 15 is 0 Å². The molecule has 0 unspecified atom stereocenters. The van der Waals surface area contributed by atoms with Crippen LogP contribution in [0.5, 0.6) is 0 Å². The molecule has 14 heavy (non-hydrogen) atoms. The van der Waals surface area contributed by atoms with Crippen molar-refractivity contribution in [1.29, 1.82) is 0 Å². The Balaban J connectivity index is 0. The zero-order chi connectivity index (χ0) is 9.78. The summed E-state index contributed by atoms with van der Waals surface area (Å²) in [6, 6.07) is 0. The first kappa shape index (κ1) is 16.1. The van der Waals surface area contributed by atoms with E-state index in [2.05, 4.69) is 26.0 Å². The van der Waals surface area contributed by atoms with Crippen molar-refractivity contribution in [1.82, 2.24) is 0 Å². The molecule has 0 aliphatic rings. The summed E-state index contributed by atoms with van der Waals surface area (Å²) in [5.41, 5.74) is 0. The summed E-state index contributed by atoms with van der Waals surface area (Å²) >= 11 is 0. The number of hydrogen-bond donors (Lipinski definition) is 0. The SMILES string of the molecule is CC=CCCCCCCCCCC.[He]. The Labute approximate surface area is 90.6 Å². The molecule has 0 rings (SSSR count). The maximum Gasteiger partial charge on any atom is 0 e. The molecular formula is C13H26He. The molecule has 0 aromatic carbocycles. The summed E-state index contributed by atoms with van der Waals surface area (Å²) in [6.45, 7) is 4.38. The monoisotopic (exact) mass is 186 g/mol. The van der Waals surface area contributed by atoms with Crippen LogP contribution in [0, 0.1) is 6.15 Å². The molecule has 0 aromatic heterocycles. The number of unbranched alkanes of at least 4 members (excludes halogenated alkanes) is 8. The molecule has 0 atom stereocenters. The third kappa shape index (κ3) is 14.2. The van der Waals surface area contributed by atoms with E-state index in [0.29, 0.717) is 0 Å². The summed E-state index contributed by atoms with van der Waals surface area (Å²) in [6.07, 6.45) is 17.1. The first-order chi connectivity index (χ1) is 6.41. The summed E-state index contributed by atoms with van der Waals surface area (Å²) in [5.74, 6) is 0. The van der Waals surface area contributed by atoms with Gasteiger partial charge in [-0.05, 0) is 19.8 Å². The van der Waals surface area contributed by atoms with Crippen LogP contribution < -0.4 is 0 Å². The van der Waals surface area contributed by atoms with Gasteiger partial charge in [-0.3, -0.25) is 0 Å². The molecule has 0 saturated heterocycles. The minimum absolute atomic E-state index is 0. The van der Waals surface area contributed by atoms with E-state index in [9.17, 15) is 0 Å². The van der Waals surface area contributed by atoms with Crippen molar-refractivity contribution >= 4 is 0 Å². The molecule has 0 nitrogen and oxygen atoms in total. The molecule has 0 amide bonds. The van der Waals surface area contributed by atoms with Gasteiger partial charge in [-0.1, -0.05) is 64.0 Å². The number of rotatable bonds is 9. The van der Waals surface area contributed by atoms with Crippen LogP contribution in [-0.2, 0) is 0 Å². The minimum Gasteiger partial charge on any atom is -0.0917 e. The van der Waals surface area contributed by atoms with Gasteiger partial charge >= 0.3 is 0 Å². The first-order valence-corrected chi connectivity index (χ1v) is 6.03. The number of hydrogen-bond acceptors (Lipinski definition) is 0. The van der Waals surface area contributed by atoms with Crippen molar-refractivity contribution in [2.45, 2.75) is 71.6 Å². The second-order valence-electron chi connectivity index (χ2n) is 3.83. The van der Waals surface area contributed by atoms with Crippen LogP contribution >= 0.6 is 0 Å². The Hall–Kier alpha value is -0.351. The molecule has 0 aliphatic heterocycles. The Bertz CT molecular complexity index is 108. The van der Waals surface area contributed by atoms with E-state index in [-0.39, 0.29) is 6.15 Å². The van der Waals surface area contributed by atoms with Crippen molar-refractivity contribution in [3.8, 4) is 0 Å². The Kier molecular flexibility index (Phi) is 17.4. The Morgan fingerprint density at radius 3 is 1.79 bits per heavy atom. The fraction of sp³-hybridized carbons (Fsp3) is 0.846. The average molecular weight is 186 g/mol. The van der Waals surface area contributed by atoms with Crippen molar-refractivity contribution in [2.75, 3.05) is 0 Å². The third-order valence-electron chi connectivity index (χ3n) is 2.46. The van der Waals surface area contributed by atoms with Crippen molar-refractivity contribution in [3.63, 3.8) is 0 Å². The summed E-state index contributed by atoms with van der Waals surface area (Å²) in [5, 5.41) is 0. The van der Waals surface area contributed by atoms with E-state index in [1.54, 1.807) is 0 Å². The van der Waals surface area contributed by atoms with Crippen LogP contribution in [-0.4, -0.2) is 0 Å². The van der Waals surface area contributed by atoms with Crippen LogP contribution in [0.15, 0.2) is 12.2 Å². The van der Waals surface area contributed by atoms with Crippen molar-refractivity contribution in [2.24, 2.45) is 0 Å². The second-order valence-corrected chi connectivity index (χ2v) is 3.83. The molecule has 0 saturated carbocycles. The summed E-state index contributed by atoms with van der Waals surface area (Å²) in [4.78, 5) is 0. The van der Waals surface area contributed by atoms with Gasteiger partial charge in [0.2, 0.25) is 0 Å². The molecule has 0 bridgehead atoms. The zero-order valence-electron chi connectivity index (χ0n) is 10.2. The Morgan fingerprint density at radius 1 is 0.786 bits per heavy atom. The van der Waals surface area contributed by atoms with Gasteiger partial charge in [-0.2, -0.15) is 0 Å². The van der Waals surface area contributed by atoms with Gasteiger partial charge in [-0.15, -0.1) is 0 Å². The fourth-order valence-corrected chi connectivity index (χ4v) is 1.56. The molecule has 1 heteroatoms. The number of allylic oxidation sites excluding steroid dienone is 2.